The van der Waals surface area contributed by atoms with Crippen LogP contribution in [0.3, 0.4) is 0 Å². The molecular formula is C21H22F4N4O. The standard InChI is InChI=1S/C21H22F4N4O/c1-12(11-29(2)3)27-18-7-5-14(9-17(18)21(23,24)25)26-10-16-15-6-4-13(22)8-19(15)28-20(16)30/h4-10,12,27-28,30H,11H2,1-3H3. The highest BCUT2D eigenvalue weighted by Crippen LogP contribution is 2.37. The van der Waals surface area contributed by atoms with Crippen molar-refractivity contribution in [1.29, 1.82) is 0 Å². The quantitative estimate of drug-likeness (QED) is 0.381. The van der Waals surface area contributed by atoms with Crippen LogP contribution in [0, 0.1) is 5.82 Å². The summed E-state index contributed by atoms with van der Waals surface area (Å²) in [7, 11) is 3.68. The molecule has 1 heterocycles. The van der Waals surface area contributed by atoms with Crippen molar-refractivity contribution >= 4 is 28.5 Å². The smallest absolute Gasteiger partial charge is 0.418 e. The molecule has 0 saturated carbocycles. The van der Waals surface area contributed by atoms with E-state index in [1.165, 1.54) is 36.5 Å². The average Bonchev–Trinajstić information content (AvgIpc) is 2.93. The van der Waals surface area contributed by atoms with Crippen LogP contribution in [-0.4, -0.2) is 47.9 Å². The highest BCUT2D eigenvalue weighted by atomic mass is 19.4. The lowest BCUT2D eigenvalue weighted by Crippen LogP contribution is -2.30. The van der Waals surface area contributed by atoms with Crippen molar-refractivity contribution in [2.24, 2.45) is 4.99 Å². The molecule has 3 N–H and O–H groups in total. The monoisotopic (exact) mass is 422 g/mol. The van der Waals surface area contributed by atoms with Gasteiger partial charge in [-0.3, -0.25) is 4.99 Å². The number of hydrogen-bond donors (Lipinski definition) is 3. The molecule has 0 aliphatic heterocycles. The Morgan fingerprint density at radius 1 is 1.20 bits per heavy atom. The van der Waals surface area contributed by atoms with Crippen molar-refractivity contribution in [1.82, 2.24) is 9.88 Å². The molecular weight excluding hydrogens is 400 g/mol. The normalized spacial score (nSPS) is 13.5. The largest absolute Gasteiger partial charge is 0.494 e. The number of benzene rings is 2. The van der Waals surface area contributed by atoms with Crippen LogP contribution < -0.4 is 5.32 Å². The molecule has 9 heteroatoms. The van der Waals surface area contributed by atoms with Gasteiger partial charge in [-0.1, -0.05) is 0 Å². The summed E-state index contributed by atoms with van der Waals surface area (Å²) >= 11 is 0. The van der Waals surface area contributed by atoms with E-state index in [1.54, 1.807) is 6.92 Å². The lowest BCUT2D eigenvalue weighted by Gasteiger charge is -2.22. The van der Waals surface area contributed by atoms with Gasteiger partial charge >= 0.3 is 6.18 Å². The van der Waals surface area contributed by atoms with Crippen LogP contribution in [0.1, 0.15) is 18.1 Å². The number of aromatic amines is 1. The summed E-state index contributed by atoms with van der Waals surface area (Å²) < 4.78 is 54.1. The molecule has 1 atom stereocenters. The van der Waals surface area contributed by atoms with Crippen LogP contribution >= 0.6 is 0 Å². The molecule has 2 aromatic carbocycles. The van der Waals surface area contributed by atoms with Crippen molar-refractivity contribution in [2.45, 2.75) is 19.1 Å². The Morgan fingerprint density at radius 2 is 1.93 bits per heavy atom. The molecule has 1 unspecified atom stereocenters. The van der Waals surface area contributed by atoms with Crippen LogP contribution in [0.4, 0.5) is 28.9 Å². The third-order valence-electron chi connectivity index (χ3n) is 4.47. The van der Waals surface area contributed by atoms with E-state index < -0.39 is 17.6 Å². The summed E-state index contributed by atoms with van der Waals surface area (Å²) in [5.41, 5.74) is -0.155. The van der Waals surface area contributed by atoms with Crippen LogP contribution in [0.15, 0.2) is 41.4 Å². The molecule has 0 amide bonds. The van der Waals surface area contributed by atoms with E-state index in [-0.39, 0.29) is 28.9 Å². The van der Waals surface area contributed by atoms with Gasteiger partial charge in [0.05, 0.1) is 22.3 Å². The number of rotatable bonds is 6. The molecule has 0 radical (unpaired) electrons. The Hall–Kier alpha value is -3.07. The summed E-state index contributed by atoms with van der Waals surface area (Å²) in [5, 5.41) is 13.4. The van der Waals surface area contributed by atoms with Gasteiger partial charge in [-0.05, 0) is 57.4 Å². The Labute approximate surface area is 171 Å². The zero-order chi connectivity index (χ0) is 22.1. The Balaban J connectivity index is 1.93. The maximum atomic E-state index is 13.6. The minimum absolute atomic E-state index is 0.0267. The number of hydrogen-bond acceptors (Lipinski definition) is 4. The first-order valence-corrected chi connectivity index (χ1v) is 9.21. The highest BCUT2D eigenvalue weighted by Gasteiger charge is 2.34. The van der Waals surface area contributed by atoms with Gasteiger partial charge in [0.15, 0.2) is 5.88 Å². The molecule has 0 aliphatic carbocycles. The topological polar surface area (TPSA) is 63.6 Å². The lowest BCUT2D eigenvalue weighted by molar-refractivity contribution is -0.136. The van der Waals surface area contributed by atoms with Crippen molar-refractivity contribution in [2.75, 3.05) is 26.0 Å². The number of H-pyrrole nitrogens is 1. The molecule has 0 fully saturated rings. The summed E-state index contributed by atoms with van der Waals surface area (Å²) in [6.07, 6.45) is -3.31. The third kappa shape index (κ3) is 4.91. The molecule has 160 valence electrons. The van der Waals surface area contributed by atoms with Crippen LogP contribution in [-0.2, 0) is 6.18 Å². The van der Waals surface area contributed by atoms with Crippen LogP contribution in [0.2, 0.25) is 0 Å². The summed E-state index contributed by atoms with van der Waals surface area (Å²) in [6, 6.07) is 7.45. The molecule has 0 aliphatic rings. The van der Waals surface area contributed by atoms with Crippen molar-refractivity contribution < 1.29 is 22.7 Å². The minimum atomic E-state index is -4.56. The van der Waals surface area contributed by atoms with Gasteiger partial charge in [0.1, 0.15) is 5.82 Å². The molecule has 30 heavy (non-hydrogen) atoms. The fraction of sp³-hybridized carbons (Fsp3) is 0.286. The molecule has 5 nitrogen and oxygen atoms in total. The zero-order valence-corrected chi connectivity index (χ0v) is 16.7. The SMILES string of the molecule is CC(CN(C)C)Nc1ccc(N=Cc2c(O)[nH]c3cc(F)ccc23)cc1C(F)(F)F. The maximum absolute atomic E-state index is 13.6. The fourth-order valence-corrected chi connectivity index (χ4v) is 3.28. The van der Waals surface area contributed by atoms with Crippen molar-refractivity contribution in [3.63, 3.8) is 0 Å². The maximum Gasteiger partial charge on any atom is 0.418 e. The number of aliphatic imine (C=N–C) groups is 1. The number of halogens is 4. The first-order valence-electron chi connectivity index (χ1n) is 9.21. The summed E-state index contributed by atoms with van der Waals surface area (Å²) in [5.74, 6) is -0.722. The number of anilines is 1. The predicted octanol–water partition coefficient (Wildman–Crippen LogP) is 5.14. The summed E-state index contributed by atoms with van der Waals surface area (Å²) in [6.45, 7) is 2.37. The number of nitrogens with one attached hydrogen (secondary N) is 2. The molecule has 1 aromatic heterocycles. The van der Waals surface area contributed by atoms with Gasteiger partial charge in [-0.15, -0.1) is 0 Å². The first kappa shape index (κ1) is 21.6. The van der Waals surface area contributed by atoms with Gasteiger partial charge in [0, 0.05) is 29.9 Å². The van der Waals surface area contributed by atoms with Crippen molar-refractivity contribution in [3.05, 3.63) is 53.3 Å². The van der Waals surface area contributed by atoms with E-state index in [4.69, 9.17) is 0 Å². The Bertz CT molecular complexity index is 1070. The molecule has 0 saturated heterocycles. The van der Waals surface area contributed by atoms with Crippen LogP contribution in [0.25, 0.3) is 10.9 Å². The number of nitrogens with zero attached hydrogens (tertiary/aromatic N) is 2. The number of fused-ring (bicyclic) bond motifs is 1. The van der Waals surface area contributed by atoms with E-state index in [2.05, 4.69) is 15.3 Å². The number of aromatic hydroxyl groups is 1. The Kier molecular flexibility index (Phi) is 6.02. The first-order chi connectivity index (χ1) is 14.0. The van der Waals surface area contributed by atoms with Gasteiger partial charge in [-0.25, -0.2) is 4.39 Å². The molecule has 0 spiro atoms. The number of aromatic nitrogens is 1. The minimum Gasteiger partial charge on any atom is -0.494 e. The van der Waals surface area contributed by atoms with E-state index in [0.29, 0.717) is 17.4 Å². The lowest BCUT2D eigenvalue weighted by atomic mass is 10.1. The number of likely N-dealkylation sites (N-methyl/N-ethyl adjacent to an activating group) is 1. The second-order valence-corrected chi connectivity index (χ2v) is 7.37. The van der Waals surface area contributed by atoms with Gasteiger partial charge in [0.2, 0.25) is 0 Å². The van der Waals surface area contributed by atoms with E-state index in [9.17, 15) is 22.7 Å². The van der Waals surface area contributed by atoms with Gasteiger partial charge in [0.25, 0.3) is 0 Å². The van der Waals surface area contributed by atoms with Crippen LogP contribution in [0.5, 0.6) is 5.88 Å². The fourth-order valence-electron chi connectivity index (χ4n) is 3.28. The molecule has 3 aromatic rings. The van der Waals surface area contributed by atoms with E-state index in [1.807, 2.05) is 19.0 Å². The second-order valence-electron chi connectivity index (χ2n) is 7.37. The predicted molar refractivity (Wildman–Crippen MR) is 110 cm³/mol. The van der Waals surface area contributed by atoms with E-state index >= 15 is 0 Å². The van der Waals surface area contributed by atoms with Crippen molar-refractivity contribution in [3.8, 4) is 5.88 Å². The average molecular weight is 422 g/mol. The zero-order valence-electron chi connectivity index (χ0n) is 16.7. The van der Waals surface area contributed by atoms with Gasteiger partial charge in [-0.2, -0.15) is 13.2 Å². The summed E-state index contributed by atoms with van der Waals surface area (Å²) in [4.78, 5) is 8.58. The molecule has 0 bridgehead atoms. The third-order valence-corrected chi connectivity index (χ3v) is 4.47. The molecule has 3 rings (SSSR count). The second kappa shape index (κ2) is 8.35. The van der Waals surface area contributed by atoms with Gasteiger partial charge < -0.3 is 20.3 Å². The number of alkyl halides is 3. The highest BCUT2D eigenvalue weighted by molar-refractivity contribution is 6.02. The van der Waals surface area contributed by atoms with E-state index in [0.717, 1.165) is 6.07 Å². The Morgan fingerprint density at radius 3 is 2.60 bits per heavy atom.